The molecule has 0 saturated heterocycles. The fourth-order valence-corrected chi connectivity index (χ4v) is 2.30. The van der Waals surface area contributed by atoms with Crippen molar-refractivity contribution >= 4 is 5.97 Å². The molecule has 1 atom stereocenters. The summed E-state index contributed by atoms with van der Waals surface area (Å²) in [6.07, 6.45) is 1.96. The van der Waals surface area contributed by atoms with Gasteiger partial charge in [-0.3, -0.25) is 14.4 Å². The van der Waals surface area contributed by atoms with E-state index in [1.165, 1.54) is 0 Å². The predicted molar refractivity (Wildman–Crippen MR) is 70.5 cm³/mol. The van der Waals surface area contributed by atoms with Gasteiger partial charge >= 0.3 is 5.97 Å². The van der Waals surface area contributed by atoms with Crippen molar-refractivity contribution in [3.8, 4) is 0 Å². The Morgan fingerprint density at radius 2 is 2.11 bits per heavy atom. The van der Waals surface area contributed by atoms with Crippen molar-refractivity contribution in [3.05, 3.63) is 17.5 Å². The van der Waals surface area contributed by atoms with Crippen molar-refractivity contribution in [2.24, 2.45) is 7.05 Å². The molecule has 0 aliphatic carbocycles. The third kappa shape index (κ3) is 3.32. The van der Waals surface area contributed by atoms with E-state index in [-0.39, 0.29) is 18.1 Å². The van der Waals surface area contributed by atoms with Crippen LogP contribution in [0.15, 0.2) is 6.20 Å². The maximum atomic E-state index is 11.0. The topological polar surface area (TPSA) is 58.4 Å². The van der Waals surface area contributed by atoms with Gasteiger partial charge in [0, 0.05) is 30.4 Å². The van der Waals surface area contributed by atoms with Crippen LogP contribution in [0.5, 0.6) is 0 Å². The molecule has 0 aliphatic rings. The molecule has 0 radical (unpaired) electrons. The lowest BCUT2D eigenvalue weighted by Crippen LogP contribution is -2.45. The van der Waals surface area contributed by atoms with Crippen molar-refractivity contribution < 1.29 is 9.90 Å². The fourth-order valence-electron chi connectivity index (χ4n) is 2.30. The number of carbonyl (C=O) groups is 1. The van der Waals surface area contributed by atoms with Crippen LogP contribution in [0.25, 0.3) is 0 Å². The molecular weight excluding hydrogens is 230 g/mol. The minimum absolute atomic E-state index is 0.0230. The van der Waals surface area contributed by atoms with Gasteiger partial charge < -0.3 is 5.11 Å². The molecule has 0 saturated carbocycles. The number of rotatable bonds is 4. The summed E-state index contributed by atoms with van der Waals surface area (Å²) in [5, 5.41) is 13.4. The molecule has 1 aromatic heterocycles. The van der Waals surface area contributed by atoms with Gasteiger partial charge in [-0.25, -0.2) is 0 Å². The van der Waals surface area contributed by atoms with Crippen LogP contribution in [0.3, 0.4) is 0 Å². The van der Waals surface area contributed by atoms with E-state index in [9.17, 15) is 4.79 Å². The largest absolute Gasteiger partial charge is 0.480 e. The molecule has 5 nitrogen and oxygen atoms in total. The van der Waals surface area contributed by atoms with Crippen molar-refractivity contribution in [1.29, 1.82) is 0 Å². The van der Waals surface area contributed by atoms with Gasteiger partial charge in [0.05, 0.1) is 12.2 Å². The number of hydrogen-bond acceptors (Lipinski definition) is 3. The summed E-state index contributed by atoms with van der Waals surface area (Å²) in [4.78, 5) is 13.0. The molecular formula is C13H23N3O2. The Morgan fingerprint density at radius 1 is 1.56 bits per heavy atom. The molecule has 0 bridgehead atoms. The Balaban J connectivity index is 3.06. The molecule has 1 rings (SSSR count). The molecule has 5 heteroatoms. The van der Waals surface area contributed by atoms with Gasteiger partial charge in [-0.1, -0.05) is 0 Å². The minimum atomic E-state index is -0.807. The van der Waals surface area contributed by atoms with Crippen molar-refractivity contribution in [2.45, 2.75) is 46.2 Å². The van der Waals surface area contributed by atoms with E-state index in [0.29, 0.717) is 0 Å². The number of aromatic nitrogens is 2. The number of aryl methyl sites for hydroxylation is 2. The third-order valence-electron chi connectivity index (χ3n) is 3.14. The molecule has 1 N–H and O–H groups in total. The summed E-state index contributed by atoms with van der Waals surface area (Å²) < 4.78 is 1.77. The molecule has 1 unspecified atom stereocenters. The summed E-state index contributed by atoms with van der Waals surface area (Å²) in [5.41, 5.74) is 1.82. The van der Waals surface area contributed by atoms with Crippen LogP contribution in [0, 0.1) is 6.92 Å². The first kappa shape index (κ1) is 14.7. The normalized spacial score (nSPS) is 13.9. The van der Waals surface area contributed by atoms with Gasteiger partial charge in [0.1, 0.15) is 0 Å². The fraction of sp³-hybridized carbons (Fsp3) is 0.692. The molecule has 0 amide bonds. The van der Waals surface area contributed by atoms with E-state index in [1.807, 2.05) is 52.8 Å². The molecule has 0 fully saturated rings. The molecule has 1 heterocycles. The maximum absolute atomic E-state index is 11.0. The van der Waals surface area contributed by atoms with Crippen LogP contribution >= 0.6 is 0 Å². The Labute approximate surface area is 108 Å². The van der Waals surface area contributed by atoms with Gasteiger partial charge in [-0.2, -0.15) is 5.10 Å². The number of carboxylic acid groups (broad SMARTS) is 1. The highest BCUT2D eigenvalue weighted by molar-refractivity contribution is 5.69. The van der Waals surface area contributed by atoms with Crippen LogP contribution in [0.4, 0.5) is 0 Å². The monoisotopic (exact) mass is 253 g/mol. The third-order valence-corrected chi connectivity index (χ3v) is 3.14. The second-order valence-electron chi connectivity index (χ2n) is 5.71. The zero-order valence-corrected chi connectivity index (χ0v) is 12.1. The van der Waals surface area contributed by atoms with E-state index in [4.69, 9.17) is 5.11 Å². The molecule has 0 aliphatic heterocycles. The quantitative estimate of drug-likeness (QED) is 0.891. The van der Waals surface area contributed by atoms with Crippen molar-refractivity contribution in [1.82, 2.24) is 14.7 Å². The highest BCUT2D eigenvalue weighted by atomic mass is 16.4. The first-order valence-corrected chi connectivity index (χ1v) is 6.11. The zero-order valence-electron chi connectivity index (χ0n) is 12.1. The summed E-state index contributed by atoms with van der Waals surface area (Å²) in [7, 11) is 1.88. The highest BCUT2D eigenvalue weighted by Crippen LogP contribution is 2.28. The Morgan fingerprint density at radius 3 is 2.44 bits per heavy atom. The first-order chi connectivity index (χ1) is 8.12. The number of carboxylic acids is 1. The SMILES string of the molecule is Cc1nn(C)cc1C(C)N(CC(=O)O)C(C)(C)C. The number of hydrogen-bond donors (Lipinski definition) is 1. The summed E-state index contributed by atoms with van der Waals surface area (Å²) in [6.45, 7) is 10.1. The van der Waals surface area contributed by atoms with Gasteiger partial charge in [0.2, 0.25) is 0 Å². The number of nitrogens with zero attached hydrogens (tertiary/aromatic N) is 3. The Kier molecular flexibility index (Phi) is 4.16. The van der Waals surface area contributed by atoms with Crippen LogP contribution in [0.2, 0.25) is 0 Å². The Bertz CT molecular complexity index is 432. The Hall–Kier alpha value is -1.36. The van der Waals surface area contributed by atoms with E-state index < -0.39 is 5.97 Å². The smallest absolute Gasteiger partial charge is 0.317 e. The van der Waals surface area contributed by atoms with Crippen LogP contribution in [-0.4, -0.2) is 37.8 Å². The van der Waals surface area contributed by atoms with E-state index >= 15 is 0 Å². The van der Waals surface area contributed by atoms with E-state index in [2.05, 4.69) is 5.10 Å². The van der Waals surface area contributed by atoms with Crippen LogP contribution in [0.1, 0.15) is 45.0 Å². The molecule has 18 heavy (non-hydrogen) atoms. The van der Waals surface area contributed by atoms with Gasteiger partial charge in [0.25, 0.3) is 0 Å². The second kappa shape index (κ2) is 5.10. The summed E-state index contributed by atoms with van der Waals surface area (Å²) >= 11 is 0. The van der Waals surface area contributed by atoms with Gasteiger partial charge in [-0.05, 0) is 34.6 Å². The highest BCUT2D eigenvalue weighted by Gasteiger charge is 2.30. The average molecular weight is 253 g/mol. The van der Waals surface area contributed by atoms with Crippen LogP contribution < -0.4 is 0 Å². The van der Waals surface area contributed by atoms with Gasteiger partial charge in [-0.15, -0.1) is 0 Å². The molecule has 0 aromatic carbocycles. The molecule has 1 aromatic rings. The molecule has 0 spiro atoms. The van der Waals surface area contributed by atoms with Crippen LogP contribution in [-0.2, 0) is 11.8 Å². The predicted octanol–water partition coefficient (Wildman–Crippen LogP) is 1.97. The summed E-state index contributed by atoms with van der Waals surface area (Å²) in [6, 6.07) is 0.0230. The minimum Gasteiger partial charge on any atom is -0.480 e. The average Bonchev–Trinajstić information content (AvgIpc) is 2.51. The van der Waals surface area contributed by atoms with E-state index in [1.54, 1.807) is 4.68 Å². The van der Waals surface area contributed by atoms with Crippen molar-refractivity contribution in [2.75, 3.05) is 6.54 Å². The number of aliphatic carboxylic acids is 1. The van der Waals surface area contributed by atoms with Gasteiger partial charge in [0.15, 0.2) is 0 Å². The molecule has 102 valence electrons. The first-order valence-electron chi connectivity index (χ1n) is 6.11. The lowest BCUT2D eigenvalue weighted by atomic mass is 9.99. The second-order valence-corrected chi connectivity index (χ2v) is 5.71. The standard InChI is InChI=1S/C13H23N3O2/c1-9-11(7-15(6)14-9)10(2)16(8-12(17)18)13(3,4)5/h7,10H,8H2,1-6H3,(H,17,18). The zero-order chi connectivity index (χ0) is 14.1. The lowest BCUT2D eigenvalue weighted by Gasteiger charge is -2.39. The summed E-state index contributed by atoms with van der Waals surface area (Å²) in [5.74, 6) is -0.807. The van der Waals surface area contributed by atoms with E-state index in [0.717, 1.165) is 11.3 Å². The maximum Gasteiger partial charge on any atom is 0.317 e. The van der Waals surface area contributed by atoms with Crippen molar-refractivity contribution in [3.63, 3.8) is 0 Å². The lowest BCUT2D eigenvalue weighted by molar-refractivity contribution is -0.140.